The van der Waals surface area contributed by atoms with E-state index < -0.39 is 0 Å². The summed E-state index contributed by atoms with van der Waals surface area (Å²) >= 11 is 5.52. The summed E-state index contributed by atoms with van der Waals surface area (Å²) in [4.78, 5) is 13.7. The zero-order chi connectivity index (χ0) is 17.0. The molecule has 0 saturated carbocycles. The minimum atomic E-state index is -0.339. The fourth-order valence-electron chi connectivity index (χ4n) is 2.33. The van der Waals surface area contributed by atoms with Gasteiger partial charge in [0.15, 0.2) is 0 Å². The third-order valence-corrected chi connectivity index (χ3v) is 4.11. The minimum absolute atomic E-state index is 0.0962. The zero-order valence-corrected chi connectivity index (χ0v) is 14.4. The number of fused-ring (bicyclic) bond motifs is 1. The number of likely N-dealkylation sites (N-methyl/N-ethyl adjacent to an activating group) is 1. The van der Waals surface area contributed by atoms with E-state index in [0.29, 0.717) is 4.99 Å². The van der Waals surface area contributed by atoms with Crippen LogP contribution in [0.1, 0.15) is 5.56 Å². The summed E-state index contributed by atoms with van der Waals surface area (Å²) in [6.45, 7) is 0.0962. The van der Waals surface area contributed by atoms with E-state index in [1.54, 1.807) is 26.2 Å². The average Bonchev–Trinajstić information content (AvgIpc) is 2.59. The quantitative estimate of drug-likeness (QED) is 0.619. The first-order valence-corrected chi connectivity index (χ1v) is 7.39. The number of hydrogen-bond acceptors (Lipinski definition) is 5. The Balaban J connectivity index is 2.49. The summed E-state index contributed by atoms with van der Waals surface area (Å²) in [6.07, 6.45) is 0. The van der Waals surface area contributed by atoms with Gasteiger partial charge >= 0.3 is 5.97 Å². The van der Waals surface area contributed by atoms with Crippen molar-refractivity contribution in [2.45, 2.75) is 0 Å². The predicted molar refractivity (Wildman–Crippen MR) is 93.4 cm³/mol. The zero-order valence-electron chi connectivity index (χ0n) is 13.6. The average molecular weight is 333 g/mol. The molecule has 23 heavy (non-hydrogen) atoms. The smallest absolute Gasteiger partial charge is 0.325 e. The van der Waals surface area contributed by atoms with Crippen molar-refractivity contribution in [3.05, 3.63) is 35.9 Å². The van der Waals surface area contributed by atoms with Gasteiger partial charge in [-0.3, -0.25) is 4.79 Å². The van der Waals surface area contributed by atoms with E-state index in [0.717, 1.165) is 27.8 Å². The van der Waals surface area contributed by atoms with E-state index in [4.69, 9.17) is 21.7 Å². The lowest BCUT2D eigenvalue weighted by Crippen LogP contribution is -2.32. The molecule has 0 aliphatic heterocycles. The molecule has 0 aliphatic carbocycles. The Labute approximate surface area is 140 Å². The van der Waals surface area contributed by atoms with Crippen LogP contribution in [0.2, 0.25) is 0 Å². The number of carbonyl (C=O) groups excluding carboxylic acids is 1. The summed E-state index contributed by atoms with van der Waals surface area (Å²) in [7, 11) is 6.36. The minimum Gasteiger partial charge on any atom is -0.497 e. The van der Waals surface area contributed by atoms with Crippen LogP contribution in [-0.4, -0.2) is 50.8 Å². The molecule has 2 aromatic rings. The third kappa shape index (κ3) is 3.53. The van der Waals surface area contributed by atoms with Crippen LogP contribution in [-0.2, 0) is 9.53 Å². The summed E-state index contributed by atoms with van der Waals surface area (Å²) in [5, 5.41) is 1.84. The molecule has 0 saturated heterocycles. The van der Waals surface area contributed by atoms with Gasteiger partial charge in [0, 0.05) is 18.0 Å². The van der Waals surface area contributed by atoms with Gasteiger partial charge in [-0.2, -0.15) is 0 Å². The van der Waals surface area contributed by atoms with Crippen LogP contribution in [0, 0.1) is 0 Å². The molecule has 0 aliphatic rings. The first-order chi connectivity index (χ1) is 11.0. The van der Waals surface area contributed by atoms with Crippen molar-refractivity contribution >= 4 is 33.9 Å². The maximum absolute atomic E-state index is 11.4. The Morgan fingerprint density at radius 3 is 2.43 bits per heavy atom. The monoisotopic (exact) mass is 333 g/mol. The van der Waals surface area contributed by atoms with Crippen molar-refractivity contribution < 1.29 is 19.0 Å². The number of benzene rings is 2. The van der Waals surface area contributed by atoms with Gasteiger partial charge in [-0.1, -0.05) is 12.2 Å². The van der Waals surface area contributed by atoms with Gasteiger partial charge in [0.05, 0.1) is 21.3 Å². The molecule has 0 aromatic heterocycles. The molecule has 0 bridgehead atoms. The van der Waals surface area contributed by atoms with Gasteiger partial charge in [-0.15, -0.1) is 0 Å². The molecular formula is C17H19NO4S. The van der Waals surface area contributed by atoms with Crippen molar-refractivity contribution in [2.24, 2.45) is 0 Å². The molecule has 0 atom stereocenters. The molecule has 2 aromatic carbocycles. The summed E-state index contributed by atoms with van der Waals surface area (Å²) in [5.41, 5.74) is 0.852. The van der Waals surface area contributed by atoms with Crippen LogP contribution in [0.4, 0.5) is 0 Å². The molecule has 0 spiro atoms. The van der Waals surface area contributed by atoms with E-state index in [1.807, 2.05) is 30.3 Å². The first-order valence-electron chi connectivity index (χ1n) is 6.98. The number of hydrogen-bond donors (Lipinski definition) is 0. The number of methoxy groups -OCH3 is 3. The number of carbonyl (C=O) groups is 1. The summed E-state index contributed by atoms with van der Waals surface area (Å²) in [6, 6.07) is 9.46. The van der Waals surface area contributed by atoms with E-state index in [2.05, 4.69) is 4.74 Å². The van der Waals surface area contributed by atoms with Crippen LogP contribution in [0.15, 0.2) is 30.3 Å². The first kappa shape index (κ1) is 17.0. The standard InChI is InChI=1S/C17H19NO4S/c1-18(10-16(19)22-4)17(23)13-7-8-15(21-3)14-9-11(20-2)5-6-12(13)14/h5-9H,10H2,1-4H3. The molecule has 0 fully saturated rings. The van der Waals surface area contributed by atoms with Gasteiger partial charge in [0.25, 0.3) is 0 Å². The lowest BCUT2D eigenvalue weighted by molar-refractivity contribution is -0.140. The van der Waals surface area contributed by atoms with E-state index in [-0.39, 0.29) is 12.5 Å². The summed E-state index contributed by atoms with van der Waals surface area (Å²) < 4.78 is 15.4. The Hall–Kier alpha value is -2.34. The van der Waals surface area contributed by atoms with Crippen molar-refractivity contribution in [2.75, 3.05) is 34.9 Å². The van der Waals surface area contributed by atoms with Gasteiger partial charge < -0.3 is 19.1 Å². The van der Waals surface area contributed by atoms with Gasteiger partial charge in [0.1, 0.15) is 23.0 Å². The Morgan fingerprint density at radius 1 is 1.09 bits per heavy atom. The van der Waals surface area contributed by atoms with Crippen molar-refractivity contribution in [3.8, 4) is 11.5 Å². The molecule has 122 valence electrons. The topological polar surface area (TPSA) is 48.0 Å². The fourth-order valence-corrected chi connectivity index (χ4v) is 2.57. The molecule has 6 heteroatoms. The summed E-state index contributed by atoms with van der Waals surface area (Å²) in [5.74, 6) is 1.14. The molecule has 0 amide bonds. The van der Waals surface area contributed by atoms with Crippen LogP contribution >= 0.6 is 12.2 Å². The van der Waals surface area contributed by atoms with Crippen molar-refractivity contribution in [1.82, 2.24) is 4.90 Å². The number of nitrogens with zero attached hydrogens (tertiary/aromatic N) is 1. The second-order valence-electron chi connectivity index (χ2n) is 4.96. The maximum atomic E-state index is 11.4. The van der Waals surface area contributed by atoms with E-state index in [1.165, 1.54) is 7.11 Å². The Bertz CT molecular complexity index is 745. The van der Waals surface area contributed by atoms with Crippen molar-refractivity contribution in [3.63, 3.8) is 0 Å². The maximum Gasteiger partial charge on any atom is 0.325 e. The van der Waals surface area contributed by atoms with E-state index in [9.17, 15) is 4.79 Å². The number of ether oxygens (including phenoxy) is 3. The Kier molecular flexibility index (Phi) is 5.39. The third-order valence-electron chi connectivity index (χ3n) is 3.57. The molecule has 5 nitrogen and oxygen atoms in total. The predicted octanol–water partition coefficient (Wildman–Crippen LogP) is 2.64. The highest BCUT2D eigenvalue weighted by molar-refractivity contribution is 7.80. The second-order valence-corrected chi connectivity index (χ2v) is 5.35. The molecule has 0 unspecified atom stereocenters. The van der Waals surface area contributed by atoms with Gasteiger partial charge in [-0.25, -0.2) is 0 Å². The molecule has 2 rings (SSSR count). The normalized spacial score (nSPS) is 10.3. The highest BCUT2D eigenvalue weighted by atomic mass is 32.1. The van der Waals surface area contributed by atoms with Crippen LogP contribution in [0.5, 0.6) is 11.5 Å². The number of esters is 1. The van der Waals surface area contributed by atoms with Crippen LogP contribution in [0.3, 0.4) is 0 Å². The highest BCUT2D eigenvalue weighted by Crippen LogP contribution is 2.32. The lowest BCUT2D eigenvalue weighted by Gasteiger charge is -2.20. The Morgan fingerprint density at radius 2 is 1.83 bits per heavy atom. The highest BCUT2D eigenvalue weighted by Gasteiger charge is 2.16. The lowest BCUT2D eigenvalue weighted by atomic mass is 10.0. The largest absolute Gasteiger partial charge is 0.497 e. The SMILES string of the molecule is COC(=O)CN(C)C(=S)c1ccc(OC)c2cc(OC)ccc12. The fraction of sp³-hybridized carbons (Fsp3) is 0.294. The molecule has 0 N–H and O–H groups in total. The second kappa shape index (κ2) is 7.28. The molecule has 0 radical (unpaired) electrons. The molecule has 0 heterocycles. The number of rotatable bonds is 5. The van der Waals surface area contributed by atoms with Crippen molar-refractivity contribution in [1.29, 1.82) is 0 Å². The van der Waals surface area contributed by atoms with Gasteiger partial charge in [-0.05, 0) is 35.7 Å². The molecular weight excluding hydrogens is 314 g/mol. The van der Waals surface area contributed by atoms with Crippen LogP contribution in [0.25, 0.3) is 10.8 Å². The number of thiocarbonyl (C=S) groups is 1. The van der Waals surface area contributed by atoms with E-state index >= 15 is 0 Å². The van der Waals surface area contributed by atoms with Gasteiger partial charge in [0.2, 0.25) is 0 Å². The van der Waals surface area contributed by atoms with Crippen LogP contribution < -0.4 is 9.47 Å².